The highest BCUT2D eigenvalue weighted by atomic mass is 16.5. The van der Waals surface area contributed by atoms with Gasteiger partial charge in [0.25, 0.3) is 0 Å². The third-order valence-corrected chi connectivity index (χ3v) is 3.84. The molecule has 4 aromatic rings. The van der Waals surface area contributed by atoms with Crippen LogP contribution in [-0.2, 0) is 6.61 Å². The Labute approximate surface area is 134 Å². The maximum absolute atomic E-state index is 5.93. The summed E-state index contributed by atoms with van der Waals surface area (Å²) >= 11 is 0. The van der Waals surface area contributed by atoms with E-state index < -0.39 is 0 Å². The fraction of sp³-hybridized carbons (Fsp3) is 0.0500. The second-order valence-electron chi connectivity index (χ2n) is 5.41. The van der Waals surface area contributed by atoms with Gasteiger partial charge in [-0.3, -0.25) is 0 Å². The summed E-state index contributed by atoms with van der Waals surface area (Å²) in [5.41, 5.74) is 4.53. The van der Waals surface area contributed by atoms with E-state index in [1.54, 1.807) is 0 Å². The van der Waals surface area contributed by atoms with Gasteiger partial charge in [-0.1, -0.05) is 48.5 Å². The van der Waals surface area contributed by atoms with E-state index >= 15 is 0 Å². The normalized spacial score (nSPS) is 10.8. The van der Waals surface area contributed by atoms with Crippen LogP contribution in [0, 0.1) is 0 Å². The topological polar surface area (TPSA) is 26.5 Å². The lowest BCUT2D eigenvalue weighted by molar-refractivity contribution is 0.306. The molecule has 3 nitrogen and oxygen atoms in total. The van der Waals surface area contributed by atoms with Gasteiger partial charge in [-0.25, -0.2) is 4.98 Å². The van der Waals surface area contributed by atoms with Gasteiger partial charge in [-0.15, -0.1) is 0 Å². The van der Waals surface area contributed by atoms with Crippen LogP contribution in [-0.4, -0.2) is 9.38 Å². The zero-order valence-corrected chi connectivity index (χ0v) is 12.6. The monoisotopic (exact) mass is 300 g/mol. The van der Waals surface area contributed by atoms with Gasteiger partial charge < -0.3 is 9.14 Å². The maximum atomic E-state index is 5.93. The van der Waals surface area contributed by atoms with Crippen molar-refractivity contribution in [2.45, 2.75) is 6.61 Å². The number of hydrogen-bond donors (Lipinski definition) is 0. The van der Waals surface area contributed by atoms with E-state index in [1.807, 2.05) is 59.5 Å². The van der Waals surface area contributed by atoms with Crippen LogP contribution in [0.4, 0.5) is 0 Å². The van der Waals surface area contributed by atoms with Crippen LogP contribution >= 0.6 is 0 Å². The number of benzene rings is 2. The summed E-state index contributed by atoms with van der Waals surface area (Å²) in [6.45, 7) is 0.571. The highest BCUT2D eigenvalue weighted by Gasteiger charge is 2.05. The molecule has 2 heterocycles. The second-order valence-corrected chi connectivity index (χ2v) is 5.41. The molecule has 0 saturated carbocycles. The molecule has 0 saturated heterocycles. The molecule has 0 fully saturated rings. The van der Waals surface area contributed by atoms with Crippen LogP contribution in [0.5, 0.6) is 5.75 Å². The summed E-state index contributed by atoms with van der Waals surface area (Å²) in [5.74, 6) is 0.868. The van der Waals surface area contributed by atoms with Crippen molar-refractivity contribution in [2.24, 2.45) is 0 Å². The fourth-order valence-electron chi connectivity index (χ4n) is 2.69. The predicted octanol–water partition coefficient (Wildman–Crippen LogP) is 4.58. The lowest BCUT2D eigenvalue weighted by Crippen LogP contribution is -1.95. The van der Waals surface area contributed by atoms with E-state index in [0.717, 1.165) is 28.0 Å². The molecule has 23 heavy (non-hydrogen) atoms. The molecule has 112 valence electrons. The SMILES string of the molecule is c1ccc(COc2cccc(-c3cccn4cncc34)c2)cc1. The van der Waals surface area contributed by atoms with E-state index in [2.05, 4.69) is 35.3 Å². The zero-order valence-electron chi connectivity index (χ0n) is 12.6. The van der Waals surface area contributed by atoms with Crippen molar-refractivity contribution < 1.29 is 4.74 Å². The van der Waals surface area contributed by atoms with E-state index in [4.69, 9.17) is 4.74 Å². The predicted molar refractivity (Wildman–Crippen MR) is 91.4 cm³/mol. The molecule has 2 aromatic carbocycles. The minimum atomic E-state index is 0.571. The largest absolute Gasteiger partial charge is 0.489 e. The van der Waals surface area contributed by atoms with Crippen LogP contribution in [0.25, 0.3) is 16.6 Å². The molecule has 3 heteroatoms. The Hall–Kier alpha value is -3.07. The molecular weight excluding hydrogens is 284 g/mol. The van der Waals surface area contributed by atoms with Crippen molar-refractivity contribution in [3.63, 3.8) is 0 Å². The average Bonchev–Trinajstić information content (AvgIpc) is 3.10. The number of imidazole rings is 1. The quantitative estimate of drug-likeness (QED) is 0.551. The third kappa shape index (κ3) is 2.81. The van der Waals surface area contributed by atoms with Gasteiger partial charge >= 0.3 is 0 Å². The number of pyridine rings is 1. The van der Waals surface area contributed by atoms with Crippen LogP contribution in [0.2, 0.25) is 0 Å². The number of fused-ring (bicyclic) bond motifs is 1. The average molecular weight is 300 g/mol. The first kappa shape index (κ1) is 13.6. The molecule has 0 aliphatic rings. The Kier molecular flexibility index (Phi) is 3.53. The minimum Gasteiger partial charge on any atom is -0.489 e. The van der Waals surface area contributed by atoms with Crippen LogP contribution in [0.1, 0.15) is 5.56 Å². The van der Waals surface area contributed by atoms with Crippen LogP contribution in [0.3, 0.4) is 0 Å². The molecule has 0 N–H and O–H groups in total. The second kappa shape index (κ2) is 5.97. The van der Waals surface area contributed by atoms with Crippen molar-refractivity contribution in [3.05, 3.63) is 91.0 Å². The smallest absolute Gasteiger partial charge is 0.120 e. The summed E-state index contributed by atoms with van der Waals surface area (Å²) < 4.78 is 7.95. The number of nitrogens with zero attached hydrogens (tertiary/aromatic N) is 2. The summed E-state index contributed by atoms with van der Waals surface area (Å²) in [7, 11) is 0. The van der Waals surface area contributed by atoms with E-state index in [9.17, 15) is 0 Å². The first-order valence-electron chi connectivity index (χ1n) is 7.58. The number of ether oxygens (including phenoxy) is 1. The molecule has 0 bridgehead atoms. The van der Waals surface area contributed by atoms with Crippen LogP contribution < -0.4 is 4.74 Å². The van der Waals surface area contributed by atoms with Crippen LogP contribution in [0.15, 0.2) is 85.5 Å². The molecule has 0 atom stereocenters. The van der Waals surface area contributed by atoms with E-state index in [1.165, 1.54) is 0 Å². The van der Waals surface area contributed by atoms with Crippen molar-refractivity contribution >= 4 is 5.52 Å². The van der Waals surface area contributed by atoms with Gasteiger partial charge in [0.15, 0.2) is 0 Å². The fourth-order valence-corrected chi connectivity index (χ4v) is 2.69. The maximum Gasteiger partial charge on any atom is 0.120 e. The third-order valence-electron chi connectivity index (χ3n) is 3.84. The Morgan fingerprint density at radius 3 is 2.74 bits per heavy atom. The molecule has 0 radical (unpaired) electrons. The van der Waals surface area contributed by atoms with Gasteiger partial charge in [-0.2, -0.15) is 0 Å². The van der Waals surface area contributed by atoms with Gasteiger partial charge in [0.1, 0.15) is 12.4 Å². The summed E-state index contributed by atoms with van der Waals surface area (Å²) in [6, 6.07) is 22.5. The molecule has 2 aromatic heterocycles. The van der Waals surface area contributed by atoms with E-state index in [-0.39, 0.29) is 0 Å². The summed E-state index contributed by atoms with van der Waals surface area (Å²) in [6.07, 6.45) is 5.70. The Balaban J connectivity index is 1.62. The van der Waals surface area contributed by atoms with Gasteiger partial charge in [0, 0.05) is 11.8 Å². The molecule has 0 aliphatic carbocycles. The number of hydrogen-bond acceptors (Lipinski definition) is 2. The molecule has 0 unspecified atom stereocenters. The Morgan fingerprint density at radius 1 is 0.913 bits per heavy atom. The van der Waals surface area contributed by atoms with E-state index in [0.29, 0.717) is 6.61 Å². The Bertz CT molecular complexity index is 928. The summed E-state index contributed by atoms with van der Waals surface area (Å²) in [5, 5.41) is 0. The standard InChI is InChI=1S/C20H16N2O/c1-2-6-16(7-3-1)14-23-18-9-4-8-17(12-18)19-10-5-11-22-15-21-13-20(19)22/h1-13,15H,14H2. The highest BCUT2D eigenvalue weighted by Crippen LogP contribution is 2.27. The molecule has 4 rings (SSSR count). The molecular formula is C20H16N2O. The lowest BCUT2D eigenvalue weighted by atomic mass is 10.1. The molecule has 0 spiro atoms. The number of aromatic nitrogens is 2. The van der Waals surface area contributed by atoms with Crippen molar-refractivity contribution in [1.29, 1.82) is 0 Å². The first-order chi connectivity index (χ1) is 11.4. The summed E-state index contributed by atoms with van der Waals surface area (Å²) in [4.78, 5) is 4.22. The van der Waals surface area contributed by atoms with Crippen molar-refractivity contribution in [2.75, 3.05) is 0 Å². The number of rotatable bonds is 4. The zero-order chi connectivity index (χ0) is 15.5. The van der Waals surface area contributed by atoms with Crippen molar-refractivity contribution in [3.8, 4) is 16.9 Å². The molecule has 0 aliphatic heterocycles. The lowest BCUT2D eigenvalue weighted by Gasteiger charge is -2.09. The minimum absolute atomic E-state index is 0.571. The van der Waals surface area contributed by atoms with Crippen molar-refractivity contribution in [1.82, 2.24) is 9.38 Å². The van der Waals surface area contributed by atoms with Gasteiger partial charge in [0.2, 0.25) is 0 Å². The van der Waals surface area contributed by atoms with Gasteiger partial charge in [0.05, 0.1) is 18.0 Å². The molecule has 0 amide bonds. The first-order valence-corrected chi connectivity index (χ1v) is 7.58. The van der Waals surface area contributed by atoms with Gasteiger partial charge in [-0.05, 0) is 29.3 Å². The Morgan fingerprint density at radius 2 is 1.83 bits per heavy atom. The highest BCUT2D eigenvalue weighted by molar-refractivity contribution is 5.80.